The number of piperidine rings is 1. The Balaban J connectivity index is 1.34. The summed E-state index contributed by atoms with van der Waals surface area (Å²) in [7, 11) is 1.61. The number of para-hydroxylation sites is 2. The summed E-state index contributed by atoms with van der Waals surface area (Å²) in [4.78, 5) is 19.5. The van der Waals surface area contributed by atoms with E-state index in [4.69, 9.17) is 4.74 Å². The summed E-state index contributed by atoms with van der Waals surface area (Å²) in [5.74, 6) is 1.69. The van der Waals surface area contributed by atoms with Crippen LogP contribution in [0.3, 0.4) is 0 Å². The summed E-state index contributed by atoms with van der Waals surface area (Å²) >= 11 is 0. The van der Waals surface area contributed by atoms with Crippen molar-refractivity contribution in [3.8, 4) is 11.4 Å². The van der Waals surface area contributed by atoms with Crippen LogP contribution in [0.25, 0.3) is 5.69 Å². The average Bonchev–Trinajstić information content (AvgIpc) is 3.29. The summed E-state index contributed by atoms with van der Waals surface area (Å²) in [6.07, 6.45) is 7.50. The van der Waals surface area contributed by atoms with Crippen LogP contribution in [0.2, 0.25) is 0 Å². The number of pyridine rings is 1. The van der Waals surface area contributed by atoms with E-state index in [1.807, 2.05) is 65.6 Å². The minimum atomic E-state index is 0.000287. The number of carbonyl (C=O) groups is 1. The summed E-state index contributed by atoms with van der Waals surface area (Å²) in [6, 6.07) is 15.6. The Morgan fingerprint density at radius 1 is 1.07 bits per heavy atom. The third-order valence-electron chi connectivity index (χ3n) is 5.19. The molecule has 1 saturated heterocycles. The van der Waals surface area contributed by atoms with Gasteiger partial charge in [-0.25, -0.2) is 4.98 Å². The number of nitrogens with zero attached hydrogens (tertiary/aromatic N) is 3. The van der Waals surface area contributed by atoms with Crippen LogP contribution in [0.5, 0.6) is 5.75 Å². The van der Waals surface area contributed by atoms with Gasteiger partial charge >= 0.3 is 0 Å². The van der Waals surface area contributed by atoms with Gasteiger partial charge in [-0.3, -0.25) is 4.79 Å². The van der Waals surface area contributed by atoms with Gasteiger partial charge in [-0.15, -0.1) is 0 Å². The van der Waals surface area contributed by atoms with Gasteiger partial charge in [0, 0.05) is 31.4 Å². The molecule has 6 nitrogen and oxygen atoms in total. The first-order chi connectivity index (χ1) is 13.7. The zero-order chi connectivity index (χ0) is 19.3. The highest BCUT2D eigenvalue weighted by Crippen LogP contribution is 2.27. The molecule has 2 aromatic heterocycles. The van der Waals surface area contributed by atoms with Crippen molar-refractivity contribution in [2.75, 3.05) is 30.4 Å². The van der Waals surface area contributed by atoms with Crippen molar-refractivity contribution in [3.05, 3.63) is 67.1 Å². The van der Waals surface area contributed by atoms with Gasteiger partial charge in [0.15, 0.2) is 0 Å². The quantitative estimate of drug-likeness (QED) is 0.737. The Morgan fingerprint density at radius 2 is 1.82 bits per heavy atom. The minimum absolute atomic E-state index is 0.000287. The molecule has 1 amide bonds. The van der Waals surface area contributed by atoms with Crippen molar-refractivity contribution in [2.24, 2.45) is 5.92 Å². The van der Waals surface area contributed by atoms with Crippen LogP contribution in [0.15, 0.2) is 67.1 Å². The predicted molar refractivity (Wildman–Crippen MR) is 110 cm³/mol. The molecule has 4 rings (SSSR count). The number of benzene rings is 1. The molecule has 1 N–H and O–H groups in total. The van der Waals surface area contributed by atoms with E-state index in [2.05, 4.69) is 21.3 Å². The number of hydrogen-bond acceptors (Lipinski definition) is 4. The van der Waals surface area contributed by atoms with E-state index in [0.717, 1.165) is 43.1 Å². The lowest BCUT2D eigenvalue weighted by Crippen LogP contribution is -2.38. The second kappa shape index (κ2) is 8.17. The number of nitrogens with one attached hydrogen (secondary N) is 1. The fourth-order valence-corrected chi connectivity index (χ4v) is 3.58. The molecule has 0 saturated carbocycles. The standard InChI is InChI=1S/C22H24N4O2/c1-28-20-7-3-2-6-19(20)24-22(27)17-10-14-26(15-11-17)21-9-8-18(16-23-21)25-12-4-5-13-25/h2-9,12-13,16-17H,10-11,14-15H2,1H3,(H,24,27). The number of ether oxygens (including phenoxy) is 1. The van der Waals surface area contributed by atoms with Crippen LogP contribution in [-0.4, -0.2) is 35.7 Å². The zero-order valence-electron chi connectivity index (χ0n) is 15.9. The molecule has 1 aromatic carbocycles. The van der Waals surface area contributed by atoms with Crippen molar-refractivity contribution in [2.45, 2.75) is 12.8 Å². The molecule has 0 bridgehead atoms. The Morgan fingerprint density at radius 3 is 2.50 bits per heavy atom. The molecule has 28 heavy (non-hydrogen) atoms. The first-order valence-corrected chi connectivity index (χ1v) is 9.53. The van der Waals surface area contributed by atoms with Crippen LogP contribution in [0.4, 0.5) is 11.5 Å². The normalized spacial score (nSPS) is 14.7. The van der Waals surface area contributed by atoms with Gasteiger partial charge < -0.3 is 19.5 Å². The number of aromatic nitrogens is 2. The van der Waals surface area contributed by atoms with Crippen LogP contribution < -0.4 is 15.0 Å². The highest BCUT2D eigenvalue weighted by atomic mass is 16.5. The molecule has 1 aliphatic rings. The van der Waals surface area contributed by atoms with Crippen molar-refractivity contribution in [3.63, 3.8) is 0 Å². The maximum absolute atomic E-state index is 12.7. The summed E-state index contributed by atoms with van der Waals surface area (Å²) in [5.41, 5.74) is 1.76. The van der Waals surface area contributed by atoms with Gasteiger partial charge in [0.05, 0.1) is 24.7 Å². The maximum atomic E-state index is 12.7. The van der Waals surface area contributed by atoms with Crippen LogP contribution in [0, 0.1) is 5.92 Å². The van der Waals surface area contributed by atoms with Gasteiger partial charge in [0.25, 0.3) is 0 Å². The zero-order valence-corrected chi connectivity index (χ0v) is 15.9. The highest BCUT2D eigenvalue weighted by Gasteiger charge is 2.26. The Labute approximate surface area is 164 Å². The number of rotatable bonds is 5. The van der Waals surface area contributed by atoms with Crippen molar-refractivity contribution in [1.29, 1.82) is 0 Å². The SMILES string of the molecule is COc1ccccc1NC(=O)C1CCN(c2ccc(-n3cccc3)cn2)CC1. The number of amides is 1. The topological polar surface area (TPSA) is 59.4 Å². The third kappa shape index (κ3) is 3.86. The second-order valence-corrected chi connectivity index (χ2v) is 6.92. The number of hydrogen-bond donors (Lipinski definition) is 1. The molecule has 0 radical (unpaired) electrons. The lowest BCUT2D eigenvalue weighted by molar-refractivity contribution is -0.120. The second-order valence-electron chi connectivity index (χ2n) is 6.92. The fraction of sp³-hybridized carbons (Fsp3) is 0.273. The molecule has 0 spiro atoms. The molecule has 3 heterocycles. The number of anilines is 2. The summed E-state index contributed by atoms with van der Waals surface area (Å²) in [6.45, 7) is 1.64. The lowest BCUT2D eigenvalue weighted by Gasteiger charge is -2.32. The van der Waals surface area contributed by atoms with Gasteiger partial charge in [0.1, 0.15) is 11.6 Å². The Bertz CT molecular complexity index is 914. The van der Waals surface area contributed by atoms with Gasteiger partial charge in [0.2, 0.25) is 5.91 Å². The van der Waals surface area contributed by atoms with Crippen molar-refractivity contribution >= 4 is 17.4 Å². The first kappa shape index (κ1) is 18.1. The Kier molecular flexibility index (Phi) is 5.28. The molecular weight excluding hydrogens is 352 g/mol. The minimum Gasteiger partial charge on any atom is -0.495 e. The molecule has 144 valence electrons. The molecular formula is C22H24N4O2. The fourth-order valence-electron chi connectivity index (χ4n) is 3.58. The third-order valence-corrected chi connectivity index (χ3v) is 5.19. The largest absolute Gasteiger partial charge is 0.495 e. The highest BCUT2D eigenvalue weighted by molar-refractivity contribution is 5.94. The molecule has 1 aliphatic heterocycles. The van der Waals surface area contributed by atoms with E-state index < -0.39 is 0 Å². The maximum Gasteiger partial charge on any atom is 0.227 e. The monoisotopic (exact) mass is 376 g/mol. The van der Waals surface area contributed by atoms with Crippen molar-refractivity contribution in [1.82, 2.24) is 9.55 Å². The van der Waals surface area contributed by atoms with E-state index in [9.17, 15) is 4.79 Å². The lowest BCUT2D eigenvalue weighted by atomic mass is 9.95. The molecule has 0 aliphatic carbocycles. The average molecular weight is 376 g/mol. The first-order valence-electron chi connectivity index (χ1n) is 9.53. The predicted octanol–water partition coefficient (Wildman–Crippen LogP) is 3.74. The molecule has 1 fully saturated rings. The van der Waals surface area contributed by atoms with Crippen LogP contribution in [0.1, 0.15) is 12.8 Å². The van der Waals surface area contributed by atoms with Gasteiger partial charge in [-0.2, -0.15) is 0 Å². The summed E-state index contributed by atoms with van der Waals surface area (Å²) in [5, 5.41) is 3.01. The molecule has 6 heteroatoms. The smallest absolute Gasteiger partial charge is 0.227 e. The van der Waals surface area contributed by atoms with Crippen molar-refractivity contribution < 1.29 is 9.53 Å². The van der Waals surface area contributed by atoms with E-state index in [1.54, 1.807) is 7.11 Å². The van der Waals surface area contributed by atoms with Gasteiger partial charge in [-0.1, -0.05) is 12.1 Å². The van der Waals surface area contributed by atoms with Crippen LogP contribution in [-0.2, 0) is 4.79 Å². The summed E-state index contributed by atoms with van der Waals surface area (Å²) < 4.78 is 7.34. The van der Waals surface area contributed by atoms with E-state index in [0.29, 0.717) is 5.75 Å². The molecule has 0 unspecified atom stereocenters. The molecule has 3 aromatic rings. The number of methoxy groups -OCH3 is 1. The van der Waals surface area contributed by atoms with Crippen LogP contribution >= 0.6 is 0 Å². The molecule has 0 atom stereocenters. The van der Waals surface area contributed by atoms with E-state index in [-0.39, 0.29) is 11.8 Å². The van der Waals surface area contributed by atoms with Gasteiger partial charge in [-0.05, 0) is 49.2 Å². The van der Waals surface area contributed by atoms with E-state index >= 15 is 0 Å². The Hall–Kier alpha value is -3.28. The number of carbonyl (C=O) groups excluding carboxylic acids is 1. The van der Waals surface area contributed by atoms with E-state index in [1.165, 1.54) is 0 Å².